The summed E-state index contributed by atoms with van der Waals surface area (Å²) in [5, 5.41) is 2.31. The predicted octanol–water partition coefficient (Wildman–Crippen LogP) is 1.39. The van der Waals surface area contributed by atoms with Gasteiger partial charge < -0.3 is 16.0 Å². The van der Waals surface area contributed by atoms with E-state index >= 15 is 0 Å². The van der Waals surface area contributed by atoms with Crippen LogP contribution in [0.4, 0.5) is 19.3 Å². The Hall–Kier alpha value is -1.69. The molecule has 0 radical (unpaired) electrons. The topological polar surface area (TPSA) is 58.4 Å². The van der Waals surface area contributed by atoms with Crippen molar-refractivity contribution in [3.05, 3.63) is 29.8 Å². The van der Waals surface area contributed by atoms with Crippen molar-refractivity contribution in [2.24, 2.45) is 5.73 Å². The Morgan fingerprint density at radius 1 is 1.50 bits per heavy atom. The summed E-state index contributed by atoms with van der Waals surface area (Å²) in [6.07, 6.45) is 0. The summed E-state index contributed by atoms with van der Waals surface area (Å²) in [6.45, 7) is 0.671. The van der Waals surface area contributed by atoms with Gasteiger partial charge in [0.2, 0.25) is 0 Å². The summed E-state index contributed by atoms with van der Waals surface area (Å²) in [5.74, 6) is -1.50. The molecule has 0 saturated heterocycles. The number of nitrogens with two attached hydrogens (primary N) is 1. The number of benzene rings is 1. The van der Waals surface area contributed by atoms with Crippen LogP contribution in [0, 0.1) is 11.6 Å². The van der Waals surface area contributed by atoms with Gasteiger partial charge in [-0.2, -0.15) is 0 Å². The fourth-order valence-corrected chi connectivity index (χ4v) is 1.10. The minimum Gasteiger partial charge on any atom is -0.329 e. The zero-order chi connectivity index (χ0) is 12.1. The van der Waals surface area contributed by atoms with E-state index in [0.717, 1.165) is 6.07 Å². The van der Waals surface area contributed by atoms with Crippen LogP contribution in [0.5, 0.6) is 0 Å². The van der Waals surface area contributed by atoms with E-state index in [9.17, 15) is 13.6 Å². The molecule has 1 aromatic carbocycles. The summed E-state index contributed by atoms with van der Waals surface area (Å²) >= 11 is 0. The van der Waals surface area contributed by atoms with Crippen molar-refractivity contribution < 1.29 is 13.6 Å². The first kappa shape index (κ1) is 12.4. The summed E-state index contributed by atoms with van der Waals surface area (Å²) < 4.78 is 25.7. The van der Waals surface area contributed by atoms with Crippen LogP contribution in [0.2, 0.25) is 0 Å². The van der Waals surface area contributed by atoms with Gasteiger partial charge in [0.05, 0.1) is 5.69 Å². The highest BCUT2D eigenvalue weighted by atomic mass is 19.1. The van der Waals surface area contributed by atoms with Gasteiger partial charge in [-0.1, -0.05) is 0 Å². The zero-order valence-corrected chi connectivity index (χ0v) is 8.84. The summed E-state index contributed by atoms with van der Waals surface area (Å²) in [6, 6.07) is 2.45. The Labute approximate surface area is 92.0 Å². The molecule has 2 amide bonds. The Bertz CT molecular complexity index is 384. The molecule has 0 unspecified atom stereocenters. The molecule has 0 heterocycles. The second-order valence-corrected chi connectivity index (χ2v) is 3.26. The molecule has 0 fully saturated rings. The number of hydrogen-bond acceptors (Lipinski definition) is 2. The van der Waals surface area contributed by atoms with Crippen LogP contribution in [0.3, 0.4) is 0 Å². The molecule has 1 aromatic rings. The summed E-state index contributed by atoms with van der Waals surface area (Å²) in [4.78, 5) is 12.7. The van der Waals surface area contributed by atoms with Gasteiger partial charge in [0, 0.05) is 26.2 Å². The van der Waals surface area contributed by atoms with Crippen molar-refractivity contribution in [1.29, 1.82) is 0 Å². The van der Waals surface area contributed by atoms with Crippen molar-refractivity contribution in [3.63, 3.8) is 0 Å². The number of amides is 2. The lowest BCUT2D eigenvalue weighted by atomic mass is 10.3. The predicted molar refractivity (Wildman–Crippen MR) is 57.1 cm³/mol. The molecule has 1 rings (SSSR count). The molecule has 88 valence electrons. The molecule has 16 heavy (non-hydrogen) atoms. The van der Waals surface area contributed by atoms with E-state index < -0.39 is 17.7 Å². The molecule has 3 N–H and O–H groups in total. The third-order valence-electron chi connectivity index (χ3n) is 1.98. The minimum absolute atomic E-state index is 0.0599. The maximum atomic E-state index is 13.2. The van der Waals surface area contributed by atoms with Gasteiger partial charge in [0.15, 0.2) is 0 Å². The maximum Gasteiger partial charge on any atom is 0.321 e. The number of halogens is 2. The number of carbonyl (C=O) groups is 1. The monoisotopic (exact) mass is 229 g/mol. The Morgan fingerprint density at radius 3 is 2.75 bits per heavy atom. The first-order valence-electron chi connectivity index (χ1n) is 4.72. The fourth-order valence-electron chi connectivity index (χ4n) is 1.10. The molecular weight excluding hydrogens is 216 g/mol. The van der Waals surface area contributed by atoms with Crippen molar-refractivity contribution in [2.45, 2.75) is 0 Å². The van der Waals surface area contributed by atoms with Crippen LogP contribution in [-0.4, -0.2) is 31.1 Å². The van der Waals surface area contributed by atoms with Gasteiger partial charge in [0.1, 0.15) is 11.6 Å². The standard InChI is InChI=1S/C10H13F2N3O/c1-15(5-4-13)10(16)14-9-3-2-7(11)6-8(9)12/h2-3,6H,4-5,13H2,1H3,(H,14,16). The molecule has 4 nitrogen and oxygen atoms in total. The number of urea groups is 1. The molecule has 0 aliphatic rings. The van der Waals surface area contributed by atoms with E-state index in [1.54, 1.807) is 0 Å². The molecule has 0 aromatic heterocycles. The average Bonchev–Trinajstić information content (AvgIpc) is 2.22. The molecule has 0 spiro atoms. The Morgan fingerprint density at radius 2 is 2.19 bits per heavy atom. The number of anilines is 1. The number of rotatable bonds is 3. The van der Waals surface area contributed by atoms with Gasteiger partial charge in [-0.25, -0.2) is 13.6 Å². The highest BCUT2D eigenvalue weighted by Crippen LogP contribution is 2.15. The first-order valence-corrected chi connectivity index (χ1v) is 4.72. The molecule has 0 bridgehead atoms. The Balaban J connectivity index is 2.69. The van der Waals surface area contributed by atoms with Crippen molar-refractivity contribution in [1.82, 2.24) is 4.90 Å². The van der Waals surface area contributed by atoms with Crippen molar-refractivity contribution in [2.75, 3.05) is 25.5 Å². The molecule has 0 aliphatic heterocycles. The molecule has 0 saturated carbocycles. The van der Waals surface area contributed by atoms with E-state index in [1.165, 1.54) is 18.0 Å². The van der Waals surface area contributed by atoms with Crippen LogP contribution < -0.4 is 11.1 Å². The van der Waals surface area contributed by atoms with E-state index in [0.29, 0.717) is 19.2 Å². The fraction of sp³-hybridized carbons (Fsp3) is 0.300. The van der Waals surface area contributed by atoms with Crippen LogP contribution in [0.15, 0.2) is 18.2 Å². The number of carbonyl (C=O) groups excluding carboxylic acids is 1. The third-order valence-corrected chi connectivity index (χ3v) is 1.98. The van der Waals surface area contributed by atoms with E-state index in [4.69, 9.17) is 5.73 Å². The average molecular weight is 229 g/mol. The van der Waals surface area contributed by atoms with Crippen LogP contribution in [0.1, 0.15) is 0 Å². The quantitative estimate of drug-likeness (QED) is 0.822. The lowest BCUT2D eigenvalue weighted by molar-refractivity contribution is 0.223. The van der Waals surface area contributed by atoms with Gasteiger partial charge in [-0.15, -0.1) is 0 Å². The van der Waals surface area contributed by atoms with Gasteiger partial charge in [-0.05, 0) is 12.1 Å². The smallest absolute Gasteiger partial charge is 0.321 e. The number of nitrogens with one attached hydrogen (secondary N) is 1. The number of nitrogens with zero attached hydrogens (tertiary/aromatic N) is 1. The van der Waals surface area contributed by atoms with E-state index in [2.05, 4.69) is 5.32 Å². The number of likely N-dealkylation sites (N-methyl/N-ethyl adjacent to an activating group) is 1. The minimum atomic E-state index is -0.811. The highest BCUT2D eigenvalue weighted by molar-refractivity contribution is 5.89. The normalized spacial score (nSPS) is 10.0. The van der Waals surface area contributed by atoms with Crippen molar-refractivity contribution in [3.8, 4) is 0 Å². The molecule has 0 aliphatic carbocycles. The SMILES string of the molecule is CN(CCN)C(=O)Nc1ccc(F)cc1F. The first-order chi connectivity index (χ1) is 7.54. The summed E-state index contributed by atoms with van der Waals surface area (Å²) in [7, 11) is 1.53. The largest absolute Gasteiger partial charge is 0.329 e. The second kappa shape index (κ2) is 5.41. The van der Waals surface area contributed by atoms with Crippen LogP contribution >= 0.6 is 0 Å². The van der Waals surface area contributed by atoms with E-state index in [1.807, 2.05) is 0 Å². The second-order valence-electron chi connectivity index (χ2n) is 3.26. The number of hydrogen-bond donors (Lipinski definition) is 2. The lowest BCUT2D eigenvalue weighted by Gasteiger charge is -2.17. The maximum absolute atomic E-state index is 13.2. The summed E-state index contributed by atoms with van der Waals surface area (Å²) in [5.41, 5.74) is 5.21. The van der Waals surface area contributed by atoms with Crippen molar-refractivity contribution >= 4 is 11.7 Å². The molecule has 6 heteroatoms. The molecular formula is C10H13F2N3O. The van der Waals surface area contributed by atoms with E-state index in [-0.39, 0.29) is 5.69 Å². The molecule has 0 atom stereocenters. The van der Waals surface area contributed by atoms with Gasteiger partial charge in [-0.3, -0.25) is 0 Å². The van der Waals surface area contributed by atoms with Gasteiger partial charge in [0.25, 0.3) is 0 Å². The third kappa shape index (κ3) is 3.16. The van der Waals surface area contributed by atoms with Gasteiger partial charge >= 0.3 is 6.03 Å². The highest BCUT2D eigenvalue weighted by Gasteiger charge is 2.10. The zero-order valence-electron chi connectivity index (χ0n) is 8.84. The lowest BCUT2D eigenvalue weighted by Crippen LogP contribution is -2.35. The Kier molecular flexibility index (Phi) is 4.19. The van der Waals surface area contributed by atoms with Crippen LogP contribution in [-0.2, 0) is 0 Å². The van der Waals surface area contributed by atoms with Crippen LogP contribution in [0.25, 0.3) is 0 Å².